The lowest BCUT2D eigenvalue weighted by Gasteiger charge is -2.13. The number of nitrogens with one attached hydrogen (secondary N) is 1. The molecule has 2 aromatic carbocycles. The number of aliphatic carboxylic acids is 1. The zero-order chi connectivity index (χ0) is 17.8. The number of carboxylic acids is 1. The lowest BCUT2D eigenvalue weighted by atomic mass is 10.0. The number of ether oxygens (including phenoxy) is 1. The number of hydrogen-bond donors (Lipinski definition) is 2. The minimum absolute atomic E-state index is 0.272. The number of carbonyl (C=O) groups excluding carboxylic acids is 1. The normalized spacial score (nSPS) is 14.6. The number of benzene rings is 2. The summed E-state index contributed by atoms with van der Waals surface area (Å²) in [7, 11) is 0. The van der Waals surface area contributed by atoms with Crippen LogP contribution < -0.4 is 10.1 Å². The van der Waals surface area contributed by atoms with E-state index in [9.17, 15) is 9.59 Å². The highest BCUT2D eigenvalue weighted by molar-refractivity contribution is 6.06. The third kappa shape index (κ3) is 4.38. The largest absolute Gasteiger partial charge is 0.492 e. The van der Waals surface area contributed by atoms with Gasteiger partial charge in [-0.15, -0.1) is 0 Å². The zero-order valence-electron chi connectivity index (χ0n) is 14.1. The van der Waals surface area contributed by atoms with E-state index in [0.29, 0.717) is 35.1 Å². The topological polar surface area (TPSA) is 75.6 Å². The minimum atomic E-state index is -0.901. The van der Waals surface area contributed by atoms with Crippen LogP contribution in [0.15, 0.2) is 48.5 Å². The SMILES string of the molecule is CC(C(=O)O)c1cccc(NC(=O)c2ccccc2OCC2CC2)c1. The third-order valence-corrected chi connectivity index (χ3v) is 4.32. The molecule has 2 aromatic rings. The second-order valence-electron chi connectivity index (χ2n) is 6.39. The molecule has 0 aliphatic heterocycles. The van der Waals surface area contributed by atoms with Gasteiger partial charge in [-0.1, -0.05) is 24.3 Å². The van der Waals surface area contributed by atoms with E-state index in [1.165, 1.54) is 12.8 Å². The van der Waals surface area contributed by atoms with Crippen LogP contribution in [0, 0.1) is 5.92 Å². The Morgan fingerprint density at radius 1 is 1.20 bits per heavy atom. The van der Waals surface area contributed by atoms with E-state index < -0.39 is 11.9 Å². The van der Waals surface area contributed by atoms with Gasteiger partial charge in [-0.25, -0.2) is 0 Å². The van der Waals surface area contributed by atoms with Crippen molar-refractivity contribution < 1.29 is 19.4 Å². The molecule has 5 nitrogen and oxygen atoms in total. The van der Waals surface area contributed by atoms with E-state index in [1.54, 1.807) is 49.4 Å². The molecule has 1 saturated carbocycles. The van der Waals surface area contributed by atoms with E-state index in [0.717, 1.165) is 0 Å². The van der Waals surface area contributed by atoms with Crippen molar-refractivity contribution >= 4 is 17.6 Å². The summed E-state index contributed by atoms with van der Waals surface area (Å²) in [5.41, 5.74) is 1.68. The fraction of sp³-hybridized carbons (Fsp3) is 0.300. The van der Waals surface area contributed by atoms with Crippen LogP contribution in [0.3, 0.4) is 0 Å². The predicted octanol–water partition coefficient (Wildman–Crippen LogP) is 3.92. The fourth-order valence-electron chi connectivity index (χ4n) is 2.50. The quantitative estimate of drug-likeness (QED) is 0.802. The molecular weight excluding hydrogens is 318 g/mol. The summed E-state index contributed by atoms with van der Waals surface area (Å²) in [6, 6.07) is 14.0. The second kappa shape index (κ2) is 7.38. The number of rotatable bonds is 7. The molecule has 1 fully saturated rings. The monoisotopic (exact) mass is 339 g/mol. The Morgan fingerprint density at radius 2 is 1.96 bits per heavy atom. The molecular formula is C20H21NO4. The molecule has 0 heterocycles. The van der Waals surface area contributed by atoms with Crippen molar-refractivity contribution in [2.45, 2.75) is 25.7 Å². The van der Waals surface area contributed by atoms with Gasteiger partial charge >= 0.3 is 5.97 Å². The standard InChI is InChI=1S/C20H21NO4/c1-13(20(23)24)15-5-4-6-16(11-15)21-19(22)17-7-2-3-8-18(17)25-12-14-9-10-14/h2-8,11,13-14H,9-10,12H2,1H3,(H,21,22)(H,23,24). The maximum Gasteiger partial charge on any atom is 0.310 e. The number of anilines is 1. The van der Waals surface area contributed by atoms with Crippen molar-refractivity contribution in [2.24, 2.45) is 5.92 Å². The molecule has 2 N–H and O–H groups in total. The van der Waals surface area contributed by atoms with Crippen LogP contribution in [-0.2, 0) is 4.79 Å². The van der Waals surface area contributed by atoms with E-state index in [4.69, 9.17) is 9.84 Å². The third-order valence-electron chi connectivity index (χ3n) is 4.32. The Kier molecular flexibility index (Phi) is 5.03. The second-order valence-corrected chi connectivity index (χ2v) is 6.39. The van der Waals surface area contributed by atoms with E-state index in [-0.39, 0.29) is 5.91 Å². The molecule has 0 spiro atoms. The molecule has 0 bridgehead atoms. The smallest absolute Gasteiger partial charge is 0.310 e. The molecule has 5 heteroatoms. The first-order chi connectivity index (χ1) is 12.0. The van der Waals surface area contributed by atoms with Gasteiger partial charge in [0.25, 0.3) is 5.91 Å². The molecule has 1 atom stereocenters. The van der Waals surface area contributed by atoms with Crippen molar-refractivity contribution in [3.63, 3.8) is 0 Å². The summed E-state index contributed by atoms with van der Waals surface area (Å²) in [6.07, 6.45) is 2.37. The van der Waals surface area contributed by atoms with Crippen molar-refractivity contribution in [3.05, 3.63) is 59.7 Å². The highest BCUT2D eigenvalue weighted by Gasteiger charge is 2.23. The maximum absolute atomic E-state index is 12.6. The van der Waals surface area contributed by atoms with Crippen LogP contribution in [-0.4, -0.2) is 23.6 Å². The summed E-state index contributed by atoms with van der Waals surface area (Å²) in [6.45, 7) is 2.25. The van der Waals surface area contributed by atoms with Crippen molar-refractivity contribution in [3.8, 4) is 5.75 Å². The molecule has 1 aliphatic rings. The van der Waals surface area contributed by atoms with Gasteiger partial charge in [0.1, 0.15) is 5.75 Å². The molecule has 1 amide bonds. The number of hydrogen-bond acceptors (Lipinski definition) is 3. The molecule has 1 unspecified atom stereocenters. The van der Waals surface area contributed by atoms with Gasteiger partial charge < -0.3 is 15.2 Å². The van der Waals surface area contributed by atoms with E-state index in [1.807, 2.05) is 6.07 Å². The van der Waals surface area contributed by atoms with Crippen LogP contribution in [0.4, 0.5) is 5.69 Å². The highest BCUT2D eigenvalue weighted by Crippen LogP contribution is 2.30. The lowest BCUT2D eigenvalue weighted by Crippen LogP contribution is -2.15. The van der Waals surface area contributed by atoms with Crippen molar-refractivity contribution in [1.82, 2.24) is 0 Å². The van der Waals surface area contributed by atoms with E-state index in [2.05, 4.69) is 5.32 Å². The molecule has 130 valence electrons. The van der Waals surface area contributed by atoms with Gasteiger partial charge in [-0.2, -0.15) is 0 Å². The first kappa shape index (κ1) is 17.0. The van der Waals surface area contributed by atoms with Crippen LogP contribution in [0.1, 0.15) is 41.6 Å². The fourth-order valence-corrected chi connectivity index (χ4v) is 2.50. The van der Waals surface area contributed by atoms with Crippen molar-refractivity contribution in [2.75, 3.05) is 11.9 Å². The first-order valence-corrected chi connectivity index (χ1v) is 8.40. The lowest BCUT2D eigenvalue weighted by molar-refractivity contribution is -0.138. The number of carbonyl (C=O) groups is 2. The van der Waals surface area contributed by atoms with Crippen LogP contribution in [0.25, 0.3) is 0 Å². The average molecular weight is 339 g/mol. The average Bonchev–Trinajstić information content (AvgIpc) is 3.44. The Morgan fingerprint density at radius 3 is 2.68 bits per heavy atom. The molecule has 1 aliphatic carbocycles. The van der Waals surface area contributed by atoms with Gasteiger partial charge in [0, 0.05) is 5.69 Å². The molecule has 25 heavy (non-hydrogen) atoms. The van der Waals surface area contributed by atoms with Crippen LogP contribution in [0.2, 0.25) is 0 Å². The van der Waals surface area contributed by atoms with Crippen LogP contribution >= 0.6 is 0 Å². The Balaban J connectivity index is 1.74. The maximum atomic E-state index is 12.6. The highest BCUT2D eigenvalue weighted by atomic mass is 16.5. The summed E-state index contributed by atoms with van der Waals surface area (Å²) in [5, 5.41) is 12.0. The number of carboxylic acid groups (broad SMARTS) is 1. The minimum Gasteiger partial charge on any atom is -0.492 e. The Hall–Kier alpha value is -2.82. The summed E-state index contributed by atoms with van der Waals surface area (Å²) >= 11 is 0. The summed E-state index contributed by atoms with van der Waals surface area (Å²) < 4.78 is 5.77. The van der Waals surface area contributed by atoms with Gasteiger partial charge in [0.15, 0.2) is 0 Å². The molecule has 3 rings (SSSR count). The molecule has 0 saturated heterocycles. The van der Waals surface area contributed by atoms with Crippen molar-refractivity contribution in [1.29, 1.82) is 0 Å². The number of amides is 1. The van der Waals surface area contributed by atoms with Gasteiger partial charge in [0.2, 0.25) is 0 Å². The number of para-hydroxylation sites is 1. The first-order valence-electron chi connectivity index (χ1n) is 8.40. The predicted molar refractivity (Wildman–Crippen MR) is 95.1 cm³/mol. The molecule has 0 aromatic heterocycles. The summed E-state index contributed by atoms with van der Waals surface area (Å²) in [5.74, 6) is -0.632. The Labute approximate surface area is 146 Å². The van der Waals surface area contributed by atoms with Gasteiger partial charge in [-0.3, -0.25) is 9.59 Å². The van der Waals surface area contributed by atoms with Gasteiger partial charge in [0.05, 0.1) is 18.1 Å². The summed E-state index contributed by atoms with van der Waals surface area (Å²) in [4.78, 5) is 23.7. The van der Waals surface area contributed by atoms with E-state index >= 15 is 0 Å². The molecule has 0 radical (unpaired) electrons. The van der Waals surface area contributed by atoms with Gasteiger partial charge in [-0.05, 0) is 55.5 Å². The van der Waals surface area contributed by atoms with Crippen LogP contribution in [0.5, 0.6) is 5.75 Å². The Bertz CT molecular complexity index is 783. The zero-order valence-corrected chi connectivity index (χ0v) is 14.1.